The number of halogens is 2. The largest absolute Gasteiger partial charge is 0.493 e. The molecule has 1 atom stereocenters. The SMILES string of the molecule is CCC1CC(=O)N(Cc2ccc(NC(=O)c3cccs3)cc2)N=C1c1ccc(OC)c(OC(F)F)c1. The van der Waals surface area contributed by atoms with E-state index >= 15 is 0 Å². The van der Waals surface area contributed by atoms with Crippen molar-refractivity contribution in [2.45, 2.75) is 32.9 Å². The lowest BCUT2D eigenvalue weighted by atomic mass is 9.89. The first-order valence-corrected chi connectivity index (χ1v) is 12.2. The number of hydrazone groups is 1. The molecular formula is C26H25F2N3O4S. The van der Waals surface area contributed by atoms with Crippen molar-refractivity contribution in [3.8, 4) is 11.5 Å². The molecule has 36 heavy (non-hydrogen) atoms. The number of ether oxygens (including phenoxy) is 2. The van der Waals surface area contributed by atoms with E-state index < -0.39 is 6.61 Å². The van der Waals surface area contributed by atoms with E-state index in [1.807, 2.05) is 30.5 Å². The Labute approximate surface area is 211 Å². The molecule has 2 heterocycles. The van der Waals surface area contributed by atoms with E-state index in [9.17, 15) is 18.4 Å². The van der Waals surface area contributed by atoms with Crippen LogP contribution in [0.5, 0.6) is 11.5 Å². The van der Waals surface area contributed by atoms with E-state index in [-0.39, 0.29) is 42.2 Å². The predicted octanol–water partition coefficient (Wildman–Crippen LogP) is 5.77. The second-order valence-electron chi connectivity index (χ2n) is 8.12. The number of amides is 2. The number of hydrogen-bond donors (Lipinski definition) is 1. The number of hydrogen-bond acceptors (Lipinski definition) is 6. The van der Waals surface area contributed by atoms with Gasteiger partial charge in [-0.2, -0.15) is 13.9 Å². The van der Waals surface area contributed by atoms with Gasteiger partial charge in [-0.15, -0.1) is 11.3 Å². The van der Waals surface area contributed by atoms with Crippen LogP contribution >= 0.6 is 11.3 Å². The fourth-order valence-electron chi connectivity index (χ4n) is 3.93. The molecule has 1 N–H and O–H groups in total. The minimum Gasteiger partial charge on any atom is -0.493 e. The molecule has 0 saturated carbocycles. The maximum absolute atomic E-state index is 12.9. The highest BCUT2D eigenvalue weighted by atomic mass is 32.1. The van der Waals surface area contributed by atoms with Gasteiger partial charge in [0.25, 0.3) is 5.91 Å². The van der Waals surface area contributed by atoms with E-state index in [2.05, 4.69) is 15.2 Å². The number of methoxy groups -OCH3 is 1. The first-order chi connectivity index (χ1) is 17.4. The third kappa shape index (κ3) is 5.88. The summed E-state index contributed by atoms with van der Waals surface area (Å²) >= 11 is 1.36. The van der Waals surface area contributed by atoms with Crippen molar-refractivity contribution in [1.29, 1.82) is 0 Å². The van der Waals surface area contributed by atoms with E-state index in [1.165, 1.54) is 29.5 Å². The highest BCUT2D eigenvalue weighted by Crippen LogP contribution is 2.33. The van der Waals surface area contributed by atoms with Crippen LogP contribution in [0.3, 0.4) is 0 Å². The Morgan fingerprint density at radius 3 is 2.61 bits per heavy atom. The van der Waals surface area contributed by atoms with Gasteiger partial charge in [0.05, 0.1) is 24.2 Å². The van der Waals surface area contributed by atoms with Crippen LogP contribution in [-0.2, 0) is 11.3 Å². The normalized spacial score (nSPS) is 15.6. The number of carbonyl (C=O) groups excluding carboxylic acids is 2. The van der Waals surface area contributed by atoms with Crippen LogP contribution < -0.4 is 14.8 Å². The number of rotatable bonds is 9. The van der Waals surface area contributed by atoms with Gasteiger partial charge in [-0.1, -0.05) is 25.1 Å². The number of nitrogens with zero attached hydrogens (tertiary/aromatic N) is 2. The first kappa shape index (κ1) is 25.3. The summed E-state index contributed by atoms with van der Waals surface area (Å²) in [4.78, 5) is 25.7. The molecule has 1 aliphatic rings. The van der Waals surface area contributed by atoms with Crippen LogP contribution in [-0.4, -0.2) is 36.3 Å². The zero-order chi connectivity index (χ0) is 25.7. The van der Waals surface area contributed by atoms with Crippen molar-refractivity contribution in [2.24, 2.45) is 11.0 Å². The van der Waals surface area contributed by atoms with Crippen molar-refractivity contribution in [1.82, 2.24) is 5.01 Å². The number of nitrogens with one attached hydrogen (secondary N) is 1. The predicted molar refractivity (Wildman–Crippen MR) is 134 cm³/mol. The molecule has 0 radical (unpaired) electrons. The van der Waals surface area contributed by atoms with Crippen LogP contribution in [0.25, 0.3) is 0 Å². The average Bonchev–Trinajstić information content (AvgIpc) is 3.41. The lowest BCUT2D eigenvalue weighted by molar-refractivity contribution is -0.133. The van der Waals surface area contributed by atoms with Gasteiger partial charge in [0.15, 0.2) is 11.5 Å². The molecule has 0 spiro atoms. The second kappa shape index (κ2) is 11.3. The zero-order valence-electron chi connectivity index (χ0n) is 19.7. The lowest BCUT2D eigenvalue weighted by Gasteiger charge is -2.29. The summed E-state index contributed by atoms with van der Waals surface area (Å²) in [6.07, 6.45) is 0.912. The van der Waals surface area contributed by atoms with Crippen molar-refractivity contribution in [2.75, 3.05) is 12.4 Å². The molecule has 2 aromatic carbocycles. The van der Waals surface area contributed by atoms with Crippen LogP contribution in [0, 0.1) is 5.92 Å². The molecule has 1 aromatic heterocycles. The lowest BCUT2D eigenvalue weighted by Crippen LogP contribution is -2.36. The Morgan fingerprint density at radius 2 is 1.97 bits per heavy atom. The van der Waals surface area contributed by atoms with Gasteiger partial charge in [0.1, 0.15) is 0 Å². The summed E-state index contributed by atoms with van der Waals surface area (Å²) in [5.74, 6) is -0.373. The Bertz CT molecular complexity index is 1250. The highest BCUT2D eigenvalue weighted by molar-refractivity contribution is 7.12. The minimum atomic E-state index is -3.00. The molecule has 2 amide bonds. The van der Waals surface area contributed by atoms with E-state index in [0.29, 0.717) is 28.3 Å². The zero-order valence-corrected chi connectivity index (χ0v) is 20.6. The molecule has 1 aliphatic heterocycles. The summed E-state index contributed by atoms with van der Waals surface area (Å²) in [7, 11) is 1.37. The maximum atomic E-state index is 12.9. The molecule has 3 aromatic rings. The minimum absolute atomic E-state index is 0.0915. The van der Waals surface area contributed by atoms with E-state index in [1.54, 1.807) is 30.3 Å². The van der Waals surface area contributed by atoms with Crippen LogP contribution in [0.2, 0.25) is 0 Å². The number of anilines is 1. The average molecular weight is 514 g/mol. The van der Waals surface area contributed by atoms with Crippen LogP contribution in [0.4, 0.5) is 14.5 Å². The van der Waals surface area contributed by atoms with Gasteiger partial charge in [0, 0.05) is 23.6 Å². The van der Waals surface area contributed by atoms with Crippen LogP contribution in [0.1, 0.15) is 40.6 Å². The summed E-state index contributed by atoms with van der Waals surface area (Å²) in [6.45, 7) is -0.818. The van der Waals surface area contributed by atoms with Gasteiger partial charge >= 0.3 is 6.61 Å². The molecular weight excluding hydrogens is 488 g/mol. The van der Waals surface area contributed by atoms with Crippen molar-refractivity contribution in [3.63, 3.8) is 0 Å². The number of carbonyl (C=O) groups is 2. The summed E-state index contributed by atoms with van der Waals surface area (Å²) in [6, 6.07) is 15.5. The van der Waals surface area contributed by atoms with Gasteiger partial charge in [-0.05, 0) is 53.8 Å². The number of thiophene rings is 1. The van der Waals surface area contributed by atoms with Gasteiger partial charge in [-0.25, -0.2) is 5.01 Å². The maximum Gasteiger partial charge on any atom is 0.387 e. The first-order valence-electron chi connectivity index (χ1n) is 11.3. The summed E-state index contributed by atoms with van der Waals surface area (Å²) < 4.78 is 35.5. The smallest absolute Gasteiger partial charge is 0.387 e. The molecule has 188 valence electrons. The Hall–Kier alpha value is -3.79. The molecule has 0 aliphatic carbocycles. The Balaban J connectivity index is 1.54. The van der Waals surface area contributed by atoms with Crippen molar-refractivity contribution < 1.29 is 27.8 Å². The molecule has 1 unspecified atom stereocenters. The van der Waals surface area contributed by atoms with Crippen LogP contribution in [0.15, 0.2) is 65.1 Å². The second-order valence-corrected chi connectivity index (χ2v) is 9.07. The van der Waals surface area contributed by atoms with E-state index in [0.717, 1.165) is 5.56 Å². The quantitative estimate of drug-likeness (QED) is 0.394. The molecule has 0 saturated heterocycles. The summed E-state index contributed by atoms with van der Waals surface area (Å²) in [5, 5.41) is 10.7. The molecule has 10 heteroatoms. The monoisotopic (exact) mass is 513 g/mol. The topological polar surface area (TPSA) is 80.2 Å². The molecule has 0 bridgehead atoms. The van der Waals surface area contributed by atoms with E-state index in [4.69, 9.17) is 4.74 Å². The number of alkyl halides is 2. The fraction of sp³-hybridized carbons (Fsp3) is 0.269. The third-order valence-corrected chi connectivity index (χ3v) is 6.65. The van der Waals surface area contributed by atoms with Gasteiger partial charge in [0.2, 0.25) is 5.91 Å². The van der Waals surface area contributed by atoms with Gasteiger partial charge < -0.3 is 14.8 Å². The highest BCUT2D eigenvalue weighted by Gasteiger charge is 2.30. The Morgan fingerprint density at radius 1 is 1.19 bits per heavy atom. The van der Waals surface area contributed by atoms with Gasteiger partial charge in [-0.3, -0.25) is 9.59 Å². The third-order valence-electron chi connectivity index (χ3n) is 5.78. The molecule has 4 rings (SSSR count). The summed E-state index contributed by atoms with van der Waals surface area (Å²) in [5.41, 5.74) is 2.68. The Kier molecular flexibility index (Phi) is 7.94. The van der Waals surface area contributed by atoms with Crippen molar-refractivity contribution in [3.05, 3.63) is 76.0 Å². The standard InChI is InChI=1S/C26H25F2N3O4S/c1-3-17-14-23(32)31(30-24(17)18-8-11-20(34-2)21(13-18)35-26(27)28)15-16-6-9-19(10-7-16)29-25(33)22-5-4-12-36-22/h4-13,17,26H,3,14-15H2,1-2H3,(H,29,33). The molecule has 0 fully saturated rings. The van der Waals surface area contributed by atoms with Crippen molar-refractivity contribution >= 4 is 34.6 Å². The fourth-order valence-corrected chi connectivity index (χ4v) is 4.54. The number of benzene rings is 2. The molecule has 7 nitrogen and oxygen atoms in total.